The van der Waals surface area contributed by atoms with Crippen molar-refractivity contribution in [2.24, 2.45) is 0 Å². The smallest absolute Gasteiger partial charge is 0.410 e. The second-order valence-electron chi connectivity index (χ2n) is 4.84. The molecule has 121 valence electrons. The molecule has 1 rings (SSSR count). The number of halogens is 1. The fourth-order valence-corrected chi connectivity index (χ4v) is 1.85. The van der Waals surface area contributed by atoms with E-state index in [1.54, 1.807) is 12.1 Å². The second kappa shape index (κ2) is 9.30. The number of amides is 1. The van der Waals surface area contributed by atoms with E-state index < -0.39 is 12.4 Å². The summed E-state index contributed by atoms with van der Waals surface area (Å²) in [4.78, 5) is 22.9. The lowest BCUT2D eigenvalue weighted by molar-refractivity contribution is -0.164. The lowest BCUT2D eigenvalue weighted by Crippen LogP contribution is -2.32. The van der Waals surface area contributed by atoms with Crippen molar-refractivity contribution in [3.63, 3.8) is 0 Å². The lowest BCUT2D eigenvalue weighted by Gasteiger charge is -2.16. The Morgan fingerprint density at radius 1 is 1.27 bits per heavy atom. The maximum absolute atomic E-state index is 11.6. The van der Waals surface area contributed by atoms with Gasteiger partial charge in [-0.15, -0.1) is 0 Å². The SMILES string of the molecule is [CH2][C@H](CNC(=O)OC(C)OC(=O)CCC)c1ccc(Cl)cc1. The highest BCUT2D eigenvalue weighted by atomic mass is 35.5. The third-order valence-corrected chi connectivity index (χ3v) is 3.11. The van der Waals surface area contributed by atoms with E-state index in [-0.39, 0.29) is 11.9 Å². The van der Waals surface area contributed by atoms with Gasteiger partial charge in [0.1, 0.15) is 0 Å². The molecule has 0 spiro atoms. The van der Waals surface area contributed by atoms with E-state index in [2.05, 4.69) is 12.2 Å². The minimum Gasteiger partial charge on any atom is -0.425 e. The summed E-state index contributed by atoms with van der Waals surface area (Å²) in [6.45, 7) is 7.62. The average molecular weight is 327 g/mol. The molecule has 5 nitrogen and oxygen atoms in total. The van der Waals surface area contributed by atoms with E-state index in [4.69, 9.17) is 21.1 Å². The first-order valence-electron chi connectivity index (χ1n) is 7.14. The molecule has 0 saturated heterocycles. The van der Waals surface area contributed by atoms with Gasteiger partial charge in [0.25, 0.3) is 0 Å². The van der Waals surface area contributed by atoms with E-state index in [0.717, 1.165) is 5.56 Å². The fourth-order valence-electron chi connectivity index (χ4n) is 1.72. The van der Waals surface area contributed by atoms with Crippen molar-refractivity contribution < 1.29 is 19.1 Å². The summed E-state index contributed by atoms with van der Waals surface area (Å²) >= 11 is 5.81. The highest BCUT2D eigenvalue weighted by molar-refractivity contribution is 6.30. The molecule has 0 aromatic heterocycles. The van der Waals surface area contributed by atoms with Crippen LogP contribution in [0.1, 0.15) is 38.2 Å². The zero-order valence-corrected chi connectivity index (χ0v) is 13.6. The number of alkyl carbamates (subject to hydrolysis) is 1. The zero-order chi connectivity index (χ0) is 16.5. The van der Waals surface area contributed by atoms with Crippen molar-refractivity contribution in [1.82, 2.24) is 5.32 Å². The molecule has 0 aliphatic carbocycles. The molecule has 1 radical (unpaired) electrons. The lowest BCUT2D eigenvalue weighted by atomic mass is 10.0. The zero-order valence-electron chi connectivity index (χ0n) is 12.8. The number of carbonyl (C=O) groups is 2. The molecule has 1 N–H and O–H groups in total. The Morgan fingerprint density at radius 2 is 1.91 bits per heavy atom. The minimum absolute atomic E-state index is 0.136. The van der Waals surface area contributed by atoms with Gasteiger partial charge >= 0.3 is 12.1 Å². The van der Waals surface area contributed by atoms with Crippen LogP contribution in [0.4, 0.5) is 4.79 Å². The maximum Gasteiger partial charge on any atom is 0.410 e. The largest absolute Gasteiger partial charge is 0.425 e. The van der Waals surface area contributed by atoms with Crippen molar-refractivity contribution >= 4 is 23.7 Å². The summed E-state index contributed by atoms with van der Waals surface area (Å²) in [6, 6.07) is 7.23. The van der Waals surface area contributed by atoms with Crippen molar-refractivity contribution in [3.05, 3.63) is 41.8 Å². The van der Waals surface area contributed by atoms with Crippen LogP contribution in [-0.2, 0) is 14.3 Å². The predicted molar refractivity (Wildman–Crippen MR) is 84.5 cm³/mol. The quantitative estimate of drug-likeness (QED) is 0.613. The van der Waals surface area contributed by atoms with E-state index in [0.29, 0.717) is 24.4 Å². The van der Waals surface area contributed by atoms with Crippen LogP contribution in [0.2, 0.25) is 5.02 Å². The van der Waals surface area contributed by atoms with E-state index in [1.807, 2.05) is 19.1 Å². The molecule has 1 aromatic carbocycles. The van der Waals surface area contributed by atoms with Gasteiger partial charge in [-0.2, -0.15) is 0 Å². The molecule has 2 atom stereocenters. The number of hydrogen-bond acceptors (Lipinski definition) is 4. The Kier molecular flexibility index (Phi) is 7.74. The topological polar surface area (TPSA) is 64.6 Å². The van der Waals surface area contributed by atoms with Crippen LogP contribution in [0.5, 0.6) is 0 Å². The molecule has 0 bridgehead atoms. The molecule has 0 aliphatic heterocycles. The Morgan fingerprint density at radius 3 is 2.50 bits per heavy atom. The van der Waals surface area contributed by atoms with Crippen LogP contribution < -0.4 is 5.32 Å². The van der Waals surface area contributed by atoms with Gasteiger partial charge in [0.05, 0.1) is 0 Å². The van der Waals surface area contributed by atoms with Gasteiger partial charge in [0.2, 0.25) is 6.29 Å². The Balaban J connectivity index is 2.33. The first-order chi connectivity index (χ1) is 10.4. The average Bonchev–Trinajstić information content (AvgIpc) is 2.45. The van der Waals surface area contributed by atoms with Gasteiger partial charge < -0.3 is 14.8 Å². The number of ether oxygens (including phenoxy) is 2. The Bertz CT molecular complexity index is 489. The number of carbonyl (C=O) groups excluding carboxylic acids is 2. The van der Waals surface area contributed by atoms with Crippen LogP contribution in [0.3, 0.4) is 0 Å². The van der Waals surface area contributed by atoms with E-state index >= 15 is 0 Å². The van der Waals surface area contributed by atoms with Crippen LogP contribution >= 0.6 is 11.6 Å². The molecular formula is C16H21ClNO4. The standard InChI is InChI=1S/C16H21ClNO4/c1-4-5-15(19)21-12(3)22-16(20)18-10-11(2)13-6-8-14(17)9-7-13/h6-9,11-12H,2,4-5,10H2,1,3H3,(H,18,20)/t11-,12?/m1/s1. The highest BCUT2D eigenvalue weighted by Crippen LogP contribution is 2.17. The third-order valence-electron chi connectivity index (χ3n) is 2.86. The normalized spacial score (nSPS) is 13.1. The number of nitrogens with one attached hydrogen (secondary N) is 1. The van der Waals surface area contributed by atoms with Gasteiger partial charge in [-0.05, 0) is 31.0 Å². The first-order valence-corrected chi connectivity index (χ1v) is 7.52. The molecule has 6 heteroatoms. The van der Waals surface area contributed by atoms with Crippen LogP contribution in [-0.4, -0.2) is 24.9 Å². The summed E-state index contributed by atoms with van der Waals surface area (Å²) < 4.78 is 9.84. The second-order valence-corrected chi connectivity index (χ2v) is 5.28. The highest BCUT2D eigenvalue weighted by Gasteiger charge is 2.14. The fraction of sp³-hybridized carbons (Fsp3) is 0.438. The molecule has 0 saturated carbocycles. The molecular weight excluding hydrogens is 306 g/mol. The minimum atomic E-state index is -0.919. The summed E-state index contributed by atoms with van der Waals surface area (Å²) in [5.74, 6) is -0.526. The predicted octanol–water partition coefficient (Wildman–Crippen LogP) is 3.67. The van der Waals surface area contributed by atoms with E-state index in [1.165, 1.54) is 6.92 Å². The molecule has 0 fully saturated rings. The molecule has 0 heterocycles. The Labute approximate surface area is 135 Å². The van der Waals surface area contributed by atoms with Crippen molar-refractivity contribution in [2.45, 2.75) is 38.9 Å². The molecule has 1 amide bonds. The maximum atomic E-state index is 11.6. The Hall–Kier alpha value is -1.75. The number of esters is 1. The van der Waals surface area contributed by atoms with Crippen molar-refractivity contribution in [1.29, 1.82) is 0 Å². The number of benzene rings is 1. The van der Waals surface area contributed by atoms with Crippen molar-refractivity contribution in [3.8, 4) is 0 Å². The molecule has 1 aromatic rings. The number of rotatable bonds is 7. The molecule has 0 aliphatic rings. The van der Waals surface area contributed by atoms with Crippen LogP contribution in [0.25, 0.3) is 0 Å². The molecule has 22 heavy (non-hydrogen) atoms. The van der Waals surface area contributed by atoms with Gasteiger partial charge in [-0.1, -0.05) is 30.7 Å². The van der Waals surface area contributed by atoms with Gasteiger partial charge in [0, 0.05) is 30.8 Å². The summed E-state index contributed by atoms with van der Waals surface area (Å²) in [5.41, 5.74) is 0.951. The number of hydrogen-bond donors (Lipinski definition) is 1. The van der Waals surface area contributed by atoms with Gasteiger partial charge in [-0.25, -0.2) is 4.79 Å². The third kappa shape index (κ3) is 6.80. The summed E-state index contributed by atoms with van der Waals surface area (Å²) in [7, 11) is 0. The van der Waals surface area contributed by atoms with Gasteiger partial charge in [0.15, 0.2) is 0 Å². The summed E-state index contributed by atoms with van der Waals surface area (Å²) in [5, 5.41) is 3.23. The van der Waals surface area contributed by atoms with Crippen LogP contribution in [0.15, 0.2) is 24.3 Å². The van der Waals surface area contributed by atoms with E-state index in [9.17, 15) is 9.59 Å². The monoisotopic (exact) mass is 326 g/mol. The molecule has 1 unspecified atom stereocenters. The first kappa shape index (κ1) is 18.3. The summed E-state index contributed by atoms with van der Waals surface area (Å²) in [6.07, 6.45) is -0.591. The van der Waals surface area contributed by atoms with Gasteiger partial charge in [-0.3, -0.25) is 4.79 Å². The van der Waals surface area contributed by atoms with Crippen LogP contribution in [0, 0.1) is 6.92 Å². The van der Waals surface area contributed by atoms with Crippen molar-refractivity contribution in [2.75, 3.05) is 6.54 Å².